The van der Waals surface area contributed by atoms with Gasteiger partial charge in [0, 0.05) is 6.07 Å². The Morgan fingerprint density at radius 1 is 1.53 bits per heavy atom. The number of rotatable bonds is 2. The van der Waals surface area contributed by atoms with Crippen molar-refractivity contribution < 1.29 is 14.4 Å². The van der Waals surface area contributed by atoms with E-state index in [9.17, 15) is 10.1 Å². The van der Waals surface area contributed by atoms with Crippen molar-refractivity contribution in [2.24, 2.45) is 0 Å². The second kappa shape index (κ2) is 3.61. The lowest BCUT2D eigenvalue weighted by atomic mass is 10.2. The fourth-order valence-corrected chi connectivity index (χ4v) is 1.31. The molecule has 0 spiro atoms. The zero-order valence-electron chi connectivity index (χ0n) is 7.88. The summed E-state index contributed by atoms with van der Waals surface area (Å²) in [5.41, 5.74) is -0.00518. The quantitative estimate of drug-likeness (QED) is 0.422. The number of nitro benzene ring substituents is 1. The molecule has 2 rings (SSSR count). The second-order valence-corrected chi connectivity index (χ2v) is 3.09. The highest BCUT2D eigenvalue weighted by Gasteiger charge is 2.20. The van der Waals surface area contributed by atoms with Crippen molar-refractivity contribution in [2.75, 3.05) is 6.61 Å². The lowest BCUT2D eigenvalue weighted by molar-refractivity contribution is -0.385. The minimum Gasteiger partial charge on any atom is -0.485 e. The van der Waals surface area contributed by atoms with Gasteiger partial charge >= 0.3 is 0 Å². The first kappa shape index (κ1) is 9.51. The monoisotopic (exact) mass is 207 g/mol. The zero-order valence-corrected chi connectivity index (χ0v) is 7.88. The number of non-ortho nitro benzene ring substituents is 1. The largest absolute Gasteiger partial charge is 0.485 e. The summed E-state index contributed by atoms with van der Waals surface area (Å²) in [5, 5.41) is 10.5. The summed E-state index contributed by atoms with van der Waals surface area (Å²) in [6.07, 6.45) is 1.43. The Balaban J connectivity index is 2.32. The number of hydrogen-bond acceptors (Lipinski definition) is 4. The van der Waals surface area contributed by atoms with Crippen LogP contribution in [0.2, 0.25) is 0 Å². The zero-order chi connectivity index (χ0) is 10.8. The maximum Gasteiger partial charge on any atom is 0.273 e. The summed E-state index contributed by atoms with van der Waals surface area (Å²) in [6.45, 7) is 3.92. The first-order chi connectivity index (χ1) is 7.20. The van der Waals surface area contributed by atoms with Gasteiger partial charge in [0.25, 0.3) is 5.69 Å². The van der Waals surface area contributed by atoms with Crippen LogP contribution >= 0.6 is 0 Å². The summed E-state index contributed by atoms with van der Waals surface area (Å²) < 4.78 is 10.8. The van der Waals surface area contributed by atoms with Crippen molar-refractivity contribution in [3.63, 3.8) is 0 Å². The smallest absolute Gasteiger partial charge is 0.273 e. The summed E-state index contributed by atoms with van der Waals surface area (Å²) in [6, 6.07) is 4.27. The Morgan fingerprint density at radius 3 is 3.00 bits per heavy atom. The maximum absolute atomic E-state index is 10.5. The van der Waals surface area contributed by atoms with Gasteiger partial charge in [-0.2, -0.15) is 0 Å². The van der Waals surface area contributed by atoms with E-state index in [0.717, 1.165) is 0 Å². The fourth-order valence-electron chi connectivity index (χ4n) is 1.31. The molecule has 1 atom stereocenters. The molecule has 15 heavy (non-hydrogen) atoms. The molecule has 5 nitrogen and oxygen atoms in total. The van der Waals surface area contributed by atoms with Crippen molar-refractivity contribution >= 4 is 5.69 Å². The van der Waals surface area contributed by atoms with Crippen molar-refractivity contribution in [3.8, 4) is 11.5 Å². The Morgan fingerprint density at radius 2 is 2.33 bits per heavy atom. The topological polar surface area (TPSA) is 61.6 Å². The van der Waals surface area contributed by atoms with Crippen molar-refractivity contribution in [1.82, 2.24) is 0 Å². The normalized spacial score (nSPS) is 18.3. The minimum absolute atomic E-state index is 0.00518. The third kappa shape index (κ3) is 1.76. The third-order valence-corrected chi connectivity index (χ3v) is 2.08. The van der Waals surface area contributed by atoms with E-state index in [1.807, 2.05) is 0 Å². The molecule has 1 heterocycles. The molecule has 1 unspecified atom stereocenters. The Hall–Kier alpha value is -2.04. The Kier molecular flexibility index (Phi) is 2.29. The number of nitro groups is 1. The molecule has 78 valence electrons. The molecule has 5 heteroatoms. The Labute approximate surface area is 86.1 Å². The molecule has 0 amide bonds. The molecule has 0 bridgehead atoms. The molecule has 0 saturated heterocycles. The van der Waals surface area contributed by atoms with Crippen LogP contribution in [-0.4, -0.2) is 17.6 Å². The SMILES string of the molecule is C=CC1COc2cc([N+](=O)[O-])ccc2O1. The van der Waals surface area contributed by atoms with Gasteiger partial charge in [-0.1, -0.05) is 6.58 Å². The highest BCUT2D eigenvalue weighted by Crippen LogP contribution is 2.34. The van der Waals surface area contributed by atoms with E-state index < -0.39 is 4.92 Å². The molecule has 0 aromatic heterocycles. The third-order valence-electron chi connectivity index (χ3n) is 2.08. The van der Waals surface area contributed by atoms with Gasteiger partial charge in [0.2, 0.25) is 0 Å². The molecule has 1 aromatic carbocycles. The lowest BCUT2D eigenvalue weighted by Crippen LogP contribution is -2.26. The maximum atomic E-state index is 10.5. The van der Waals surface area contributed by atoms with Crippen molar-refractivity contribution in [3.05, 3.63) is 41.0 Å². The first-order valence-corrected chi connectivity index (χ1v) is 4.41. The van der Waals surface area contributed by atoms with E-state index in [1.165, 1.54) is 18.2 Å². The molecule has 0 N–H and O–H groups in total. The molecule has 1 aliphatic rings. The number of hydrogen-bond donors (Lipinski definition) is 0. The van der Waals surface area contributed by atoms with Gasteiger partial charge in [-0.05, 0) is 12.1 Å². The Bertz CT molecular complexity index is 416. The van der Waals surface area contributed by atoms with Crippen LogP contribution in [0.4, 0.5) is 5.69 Å². The average molecular weight is 207 g/mol. The van der Waals surface area contributed by atoms with E-state index in [1.54, 1.807) is 6.08 Å². The number of fused-ring (bicyclic) bond motifs is 1. The summed E-state index contributed by atoms with van der Waals surface area (Å²) in [4.78, 5) is 10.0. The van der Waals surface area contributed by atoms with Crippen LogP contribution < -0.4 is 9.47 Å². The van der Waals surface area contributed by atoms with Gasteiger partial charge in [0.15, 0.2) is 17.6 Å². The average Bonchev–Trinajstić information content (AvgIpc) is 2.27. The van der Waals surface area contributed by atoms with Gasteiger partial charge in [-0.15, -0.1) is 0 Å². The van der Waals surface area contributed by atoms with E-state index in [4.69, 9.17) is 9.47 Å². The van der Waals surface area contributed by atoms with Gasteiger partial charge in [-0.25, -0.2) is 0 Å². The molecular weight excluding hydrogens is 198 g/mol. The minimum atomic E-state index is -0.469. The fraction of sp³-hybridized carbons (Fsp3) is 0.200. The number of ether oxygens (including phenoxy) is 2. The molecule has 1 aliphatic heterocycles. The number of benzene rings is 1. The highest BCUT2D eigenvalue weighted by atomic mass is 16.6. The second-order valence-electron chi connectivity index (χ2n) is 3.09. The van der Waals surface area contributed by atoms with Gasteiger partial charge in [-0.3, -0.25) is 10.1 Å². The molecule has 0 fully saturated rings. The predicted molar refractivity (Wildman–Crippen MR) is 53.2 cm³/mol. The van der Waals surface area contributed by atoms with Crippen LogP contribution in [0, 0.1) is 10.1 Å². The van der Waals surface area contributed by atoms with E-state index in [0.29, 0.717) is 18.1 Å². The highest BCUT2D eigenvalue weighted by molar-refractivity contribution is 5.49. The molecular formula is C10H9NO4. The van der Waals surface area contributed by atoms with Crippen LogP contribution in [0.1, 0.15) is 0 Å². The van der Waals surface area contributed by atoms with Crippen LogP contribution in [0.25, 0.3) is 0 Å². The number of nitrogens with zero attached hydrogens (tertiary/aromatic N) is 1. The van der Waals surface area contributed by atoms with Crippen molar-refractivity contribution in [1.29, 1.82) is 0 Å². The first-order valence-electron chi connectivity index (χ1n) is 4.41. The van der Waals surface area contributed by atoms with Gasteiger partial charge in [0.1, 0.15) is 6.61 Å². The van der Waals surface area contributed by atoms with Gasteiger partial charge in [0.05, 0.1) is 11.0 Å². The standard InChI is InChI=1S/C10H9NO4/c1-2-8-6-14-10-5-7(11(12)13)3-4-9(10)15-8/h2-5,8H,1,6H2. The van der Waals surface area contributed by atoms with Crippen LogP contribution in [-0.2, 0) is 0 Å². The van der Waals surface area contributed by atoms with Crippen LogP contribution in [0.15, 0.2) is 30.9 Å². The summed E-state index contributed by atoms with van der Waals surface area (Å²) >= 11 is 0. The molecule has 0 radical (unpaired) electrons. The van der Waals surface area contributed by atoms with E-state index >= 15 is 0 Å². The lowest BCUT2D eigenvalue weighted by Gasteiger charge is -2.23. The molecule has 0 saturated carbocycles. The van der Waals surface area contributed by atoms with E-state index in [-0.39, 0.29) is 11.8 Å². The van der Waals surface area contributed by atoms with Crippen LogP contribution in [0.5, 0.6) is 11.5 Å². The van der Waals surface area contributed by atoms with E-state index in [2.05, 4.69) is 6.58 Å². The summed E-state index contributed by atoms with van der Waals surface area (Å²) in [5.74, 6) is 0.916. The van der Waals surface area contributed by atoms with Crippen molar-refractivity contribution in [2.45, 2.75) is 6.10 Å². The summed E-state index contributed by atoms with van der Waals surface area (Å²) in [7, 11) is 0. The van der Waals surface area contributed by atoms with Gasteiger partial charge < -0.3 is 9.47 Å². The van der Waals surface area contributed by atoms with Crippen LogP contribution in [0.3, 0.4) is 0 Å². The molecule has 1 aromatic rings. The predicted octanol–water partition coefficient (Wildman–Crippen LogP) is 1.92. The molecule has 0 aliphatic carbocycles.